The lowest BCUT2D eigenvalue weighted by Gasteiger charge is -2.10. The first-order chi connectivity index (χ1) is 7.22. The van der Waals surface area contributed by atoms with E-state index in [4.69, 9.17) is 4.74 Å². The fraction of sp³-hybridized carbons (Fsp3) is 0.600. The van der Waals surface area contributed by atoms with Gasteiger partial charge in [-0.3, -0.25) is 4.79 Å². The number of carbonyl (C=O) groups excluding carboxylic acids is 1. The molecule has 1 aromatic rings. The highest BCUT2D eigenvalue weighted by atomic mass is 32.1. The molecule has 2 atom stereocenters. The molecule has 15 heavy (non-hydrogen) atoms. The summed E-state index contributed by atoms with van der Waals surface area (Å²) in [5.74, 6) is 0.689. The van der Waals surface area contributed by atoms with E-state index in [-0.39, 0.29) is 11.7 Å². The van der Waals surface area contributed by atoms with Gasteiger partial charge in [0.1, 0.15) is 0 Å². The summed E-state index contributed by atoms with van der Waals surface area (Å²) in [5.41, 5.74) is 0. The predicted molar refractivity (Wildman–Crippen MR) is 58.5 cm³/mol. The molecule has 1 saturated heterocycles. The second-order valence-electron chi connectivity index (χ2n) is 3.80. The zero-order chi connectivity index (χ0) is 10.8. The van der Waals surface area contributed by atoms with Crippen molar-refractivity contribution in [2.24, 2.45) is 11.8 Å². The molecule has 1 aliphatic heterocycles. The van der Waals surface area contributed by atoms with Crippen molar-refractivity contribution in [1.29, 1.82) is 0 Å². The van der Waals surface area contributed by atoms with Crippen molar-refractivity contribution in [2.45, 2.75) is 6.92 Å². The Morgan fingerprint density at radius 3 is 3.00 bits per heavy atom. The van der Waals surface area contributed by atoms with E-state index >= 15 is 0 Å². The summed E-state index contributed by atoms with van der Waals surface area (Å²) in [6, 6.07) is 0. The van der Waals surface area contributed by atoms with Crippen LogP contribution in [0.4, 0.5) is 0 Å². The highest BCUT2D eigenvalue weighted by molar-refractivity contribution is 7.15. The van der Waals surface area contributed by atoms with Crippen LogP contribution in [0.1, 0.15) is 16.6 Å². The topological polar surface area (TPSA) is 51.2 Å². The molecule has 1 aliphatic rings. The monoisotopic (exact) mass is 226 g/mol. The lowest BCUT2D eigenvalue weighted by Crippen LogP contribution is -2.20. The molecule has 2 unspecified atom stereocenters. The lowest BCUT2D eigenvalue weighted by molar-refractivity contribution is 0.0912. The van der Waals surface area contributed by atoms with Gasteiger partial charge in [-0.25, -0.2) is 4.98 Å². The molecule has 0 spiro atoms. The molecule has 4 nitrogen and oxygen atoms in total. The maximum atomic E-state index is 12.1. The van der Waals surface area contributed by atoms with Crippen LogP contribution in [0.3, 0.4) is 0 Å². The van der Waals surface area contributed by atoms with Gasteiger partial charge >= 0.3 is 0 Å². The van der Waals surface area contributed by atoms with Gasteiger partial charge in [-0.05, 0) is 12.5 Å². The van der Waals surface area contributed by atoms with Crippen LogP contribution in [0.25, 0.3) is 0 Å². The normalized spacial score (nSPS) is 25.5. The van der Waals surface area contributed by atoms with Crippen molar-refractivity contribution < 1.29 is 9.53 Å². The molecule has 1 fully saturated rings. The first kappa shape index (κ1) is 10.6. The van der Waals surface area contributed by atoms with Gasteiger partial charge in [0.05, 0.1) is 18.2 Å². The van der Waals surface area contributed by atoms with E-state index in [0.717, 1.165) is 13.1 Å². The van der Waals surface area contributed by atoms with Gasteiger partial charge in [-0.15, -0.1) is 0 Å². The summed E-state index contributed by atoms with van der Waals surface area (Å²) >= 11 is 1.32. The average Bonchev–Trinajstić information content (AvgIpc) is 2.84. The number of nitrogens with one attached hydrogen (secondary N) is 1. The fourth-order valence-corrected chi connectivity index (χ4v) is 2.54. The van der Waals surface area contributed by atoms with Crippen molar-refractivity contribution in [1.82, 2.24) is 10.3 Å². The minimum Gasteiger partial charge on any atom is -0.473 e. The standard InChI is InChI=1S/C10H14N2O2S/c1-6-3-11-4-7(6)9(13)8-5-12-10(14-2)15-8/h5-7,11H,3-4H2,1-2H3. The predicted octanol–water partition coefficient (Wildman–Crippen LogP) is 1.19. The van der Waals surface area contributed by atoms with Gasteiger partial charge in [-0.1, -0.05) is 18.3 Å². The van der Waals surface area contributed by atoms with Gasteiger partial charge in [0, 0.05) is 12.5 Å². The zero-order valence-corrected chi connectivity index (χ0v) is 9.63. The number of methoxy groups -OCH3 is 1. The van der Waals surface area contributed by atoms with Crippen molar-refractivity contribution in [2.75, 3.05) is 20.2 Å². The smallest absolute Gasteiger partial charge is 0.273 e. The maximum Gasteiger partial charge on any atom is 0.273 e. The van der Waals surface area contributed by atoms with E-state index in [1.165, 1.54) is 11.3 Å². The zero-order valence-electron chi connectivity index (χ0n) is 8.82. The van der Waals surface area contributed by atoms with Crippen LogP contribution >= 0.6 is 11.3 Å². The first-order valence-electron chi connectivity index (χ1n) is 4.97. The minimum absolute atomic E-state index is 0.0927. The molecule has 2 rings (SSSR count). The molecule has 0 amide bonds. The molecule has 0 radical (unpaired) electrons. The van der Waals surface area contributed by atoms with Crippen molar-refractivity contribution in [3.63, 3.8) is 0 Å². The van der Waals surface area contributed by atoms with Crippen LogP contribution in [0, 0.1) is 11.8 Å². The van der Waals surface area contributed by atoms with Crippen LogP contribution in [-0.2, 0) is 0 Å². The second kappa shape index (κ2) is 4.28. The number of Topliss-reactive ketones (excluding diaryl/α,β-unsaturated/α-hetero) is 1. The summed E-state index contributed by atoms with van der Waals surface area (Å²) in [7, 11) is 1.56. The molecule has 1 N–H and O–H groups in total. The third kappa shape index (κ3) is 2.03. The largest absolute Gasteiger partial charge is 0.473 e. The summed E-state index contributed by atoms with van der Waals surface area (Å²) in [5, 5.41) is 3.78. The number of hydrogen-bond acceptors (Lipinski definition) is 5. The van der Waals surface area contributed by atoms with E-state index in [9.17, 15) is 4.79 Å². The lowest BCUT2D eigenvalue weighted by atomic mass is 9.93. The van der Waals surface area contributed by atoms with Gasteiger partial charge < -0.3 is 10.1 Å². The summed E-state index contributed by atoms with van der Waals surface area (Å²) in [6.07, 6.45) is 1.61. The minimum atomic E-state index is 0.0927. The Kier molecular flexibility index (Phi) is 3.02. The Hall–Kier alpha value is -0.940. The Labute approximate surface area is 92.7 Å². The van der Waals surface area contributed by atoms with Crippen LogP contribution in [-0.4, -0.2) is 31.0 Å². The van der Waals surface area contributed by atoms with E-state index in [1.54, 1.807) is 13.3 Å². The van der Waals surface area contributed by atoms with Crippen molar-refractivity contribution >= 4 is 17.1 Å². The van der Waals surface area contributed by atoms with Crippen molar-refractivity contribution in [3.8, 4) is 5.19 Å². The second-order valence-corrected chi connectivity index (χ2v) is 4.79. The number of thiazole rings is 1. The van der Waals surface area contributed by atoms with Crippen LogP contribution < -0.4 is 10.1 Å². The molecular weight excluding hydrogens is 212 g/mol. The number of carbonyl (C=O) groups is 1. The molecule has 0 bridgehead atoms. The number of ether oxygens (including phenoxy) is 1. The van der Waals surface area contributed by atoms with Gasteiger partial charge in [0.2, 0.25) is 0 Å². The molecule has 2 heterocycles. The summed E-state index contributed by atoms with van der Waals surface area (Å²) < 4.78 is 4.97. The molecule has 82 valence electrons. The summed E-state index contributed by atoms with van der Waals surface area (Å²) in [6.45, 7) is 3.80. The first-order valence-corrected chi connectivity index (χ1v) is 5.78. The maximum absolute atomic E-state index is 12.1. The SMILES string of the molecule is COc1ncc(C(=O)C2CNCC2C)s1. The Morgan fingerprint density at radius 1 is 1.67 bits per heavy atom. The molecule has 0 aromatic carbocycles. The summed E-state index contributed by atoms with van der Waals surface area (Å²) in [4.78, 5) is 16.8. The quantitative estimate of drug-likeness (QED) is 0.787. The van der Waals surface area contributed by atoms with E-state index in [1.807, 2.05) is 0 Å². The Balaban J connectivity index is 2.13. The fourth-order valence-electron chi connectivity index (χ4n) is 1.81. The number of rotatable bonds is 3. The van der Waals surface area contributed by atoms with Gasteiger partial charge in [-0.2, -0.15) is 0 Å². The third-order valence-electron chi connectivity index (χ3n) is 2.76. The van der Waals surface area contributed by atoms with E-state index in [0.29, 0.717) is 16.0 Å². The van der Waals surface area contributed by atoms with Crippen LogP contribution in [0.2, 0.25) is 0 Å². The van der Waals surface area contributed by atoms with Crippen LogP contribution in [0.5, 0.6) is 5.19 Å². The van der Waals surface area contributed by atoms with Crippen molar-refractivity contribution in [3.05, 3.63) is 11.1 Å². The number of ketones is 1. The highest BCUT2D eigenvalue weighted by Crippen LogP contribution is 2.26. The highest BCUT2D eigenvalue weighted by Gasteiger charge is 2.31. The number of aromatic nitrogens is 1. The average molecular weight is 226 g/mol. The molecule has 1 aromatic heterocycles. The molecular formula is C10H14N2O2S. The van der Waals surface area contributed by atoms with Gasteiger partial charge in [0.15, 0.2) is 5.78 Å². The third-order valence-corrected chi connectivity index (χ3v) is 3.73. The van der Waals surface area contributed by atoms with E-state index in [2.05, 4.69) is 17.2 Å². The number of hydrogen-bond donors (Lipinski definition) is 1. The molecule has 0 aliphatic carbocycles. The molecule has 5 heteroatoms. The van der Waals surface area contributed by atoms with E-state index < -0.39 is 0 Å². The van der Waals surface area contributed by atoms with Gasteiger partial charge in [0.25, 0.3) is 5.19 Å². The number of nitrogens with zero attached hydrogens (tertiary/aromatic N) is 1. The molecule has 0 saturated carbocycles. The Bertz CT molecular complexity index is 364. The van der Waals surface area contributed by atoms with Crippen LogP contribution in [0.15, 0.2) is 6.20 Å². The Morgan fingerprint density at radius 2 is 2.47 bits per heavy atom.